The number of rotatable bonds is 7. The van der Waals surface area contributed by atoms with Crippen molar-refractivity contribution in [2.24, 2.45) is 5.92 Å². The van der Waals surface area contributed by atoms with E-state index in [0.717, 1.165) is 18.5 Å². The van der Waals surface area contributed by atoms with Gasteiger partial charge in [-0.15, -0.1) is 0 Å². The summed E-state index contributed by atoms with van der Waals surface area (Å²) >= 11 is 5.22. The molecule has 0 heterocycles. The van der Waals surface area contributed by atoms with Crippen LogP contribution in [0.5, 0.6) is 5.75 Å². The number of hydrogen-bond donors (Lipinski definition) is 2. The van der Waals surface area contributed by atoms with Crippen LogP contribution in [0.15, 0.2) is 24.3 Å². The highest BCUT2D eigenvalue weighted by molar-refractivity contribution is 7.80. The van der Waals surface area contributed by atoms with Crippen LogP contribution in [0, 0.1) is 5.92 Å². The Kier molecular flexibility index (Phi) is 7.36. The van der Waals surface area contributed by atoms with Crippen LogP contribution in [-0.2, 0) is 0 Å². The van der Waals surface area contributed by atoms with E-state index in [1.165, 1.54) is 12.1 Å². The lowest BCUT2D eigenvalue weighted by molar-refractivity contribution is -0.0498. The maximum Gasteiger partial charge on any atom is 0.387 e. The first-order chi connectivity index (χ1) is 9.86. The number of alkyl halides is 2. The first-order valence-corrected chi connectivity index (χ1v) is 7.40. The second kappa shape index (κ2) is 8.77. The third-order valence-corrected chi connectivity index (χ3v) is 3.11. The van der Waals surface area contributed by atoms with E-state index in [-0.39, 0.29) is 11.8 Å². The number of nitrogens with one attached hydrogen (secondary N) is 2. The first-order valence-electron chi connectivity index (χ1n) is 6.99. The van der Waals surface area contributed by atoms with Crippen LogP contribution in [0.2, 0.25) is 0 Å². The molecule has 1 aromatic carbocycles. The molecule has 118 valence electrons. The van der Waals surface area contributed by atoms with Crippen molar-refractivity contribution in [2.75, 3.05) is 5.32 Å². The molecule has 21 heavy (non-hydrogen) atoms. The van der Waals surface area contributed by atoms with Gasteiger partial charge in [0, 0.05) is 11.7 Å². The molecule has 3 nitrogen and oxygen atoms in total. The quantitative estimate of drug-likeness (QED) is 0.731. The number of halogens is 2. The van der Waals surface area contributed by atoms with E-state index in [2.05, 4.69) is 36.1 Å². The largest absolute Gasteiger partial charge is 0.435 e. The fraction of sp³-hybridized carbons (Fsp3) is 0.533. The summed E-state index contributed by atoms with van der Waals surface area (Å²) in [5.74, 6) is 0.790. The summed E-state index contributed by atoms with van der Waals surface area (Å²) in [5, 5.41) is 6.74. The molecule has 0 bridgehead atoms. The van der Waals surface area contributed by atoms with E-state index < -0.39 is 6.61 Å². The molecule has 1 unspecified atom stereocenters. The van der Waals surface area contributed by atoms with Crippen molar-refractivity contribution < 1.29 is 13.5 Å². The summed E-state index contributed by atoms with van der Waals surface area (Å²) in [6, 6.07) is 6.52. The molecule has 1 rings (SSSR count). The number of benzene rings is 1. The second-order valence-corrected chi connectivity index (χ2v) is 5.78. The van der Waals surface area contributed by atoms with E-state index in [1.54, 1.807) is 12.1 Å². The molecule has 0 aromatic heterocycles. The van der Waals surface area contributed by atoms with Gasteiger partial charge in [-0.2, -0.15) is 8.78 Å². The molecule has 0 amide bonds. The Morgan fingerprint density at radius 2 is 1.76 bits per heavy atom. The summed E-state index contributed by atoms with van der Waals surface area (Å²) in [4.78, 5) is 0. The summed E-state index contributed by atoms with van der Waals surface area (Å²) in [5.41, 5.74) is 0.727. The summed E-state index contributed by atoms with van der Waals surface area (Å²) in [6.07, 6.45) is 2.18. The van der Waals surface area contributed by atoms with Gasteiger partial charge in [0.05, 0.1) is 0 Å². The molecule has 1 aromatic rings. The minimum absolute atomic E-state index is 0.125. The molecule has 2 N–H and O–H groups in total. The van der Waals surface area contributed by atoms with Gasteiger partial charge in [-0.05, 0) is 62.2 Å². The lowest BCUT2D eigenvalue weighted by atomic mass is 10.0. The van der Waals surface area contributed by atoms with Crippen LogP contribution >= 0.6 is 12.2 Å². The molecule has 0 spiro atoms. The van der Waals surface area contributed by atoms with Crippen LogP contribution in [0.25, 0.3) is 0 Å². The molecule has 0 saturated carbocycles. The van der Waals surface area contributed by atoms with Gasteiger partial charge in [-0.3, -0.25) is 0 Å². The van der Waals surface area contributed by atoms with Crippen LogP contribution < -0.4 is 15.4 Å². The number of hydrogen-bond acceptors (Lipinski definition) is 2. The third-order valence-electron chi connectivity index (χ3n) is 2.89. The smallest absolute Gasteiger partial charge is 0.387 e. The zero-order valence-corrected chi connectivity index (χ0v) is 13.3. The van der Waals surface area contributed by atoms with Gasteiger partial charge in [0.2, 0.25) is 0 Å². The molecule has 1 atom stereocenters. The van der Waals surface area contributed by atoms with Gasteiger partial charge in [0.25, 0.3) is 0 Å². The average molecular weight is 316 g/mol. The molecular formula is C15H22F2N2OS. The van der Waals surface area contributed by atoms with Crippen LogP contribution in [0.4, 0.5) is 14.5 Å². The van der Waals surface area contributed by atoms with Gasteiger partial charge >= 0.3 is 6.61 Å². The van der Waals surface area contributed by atoms with E-state index in [9.17, 15) is 8.78 Å². The maximum atomic E-state index is 12.0. The zero-order valence-electron chi connectivity index (χ0n) is 12.5. The standard InChI is InChI=1S/C15H22F2N2OS/c1-10(2)4-5-11(3)18-15(21)19-12-6-8-13(9-7-12)20-14(16)17/h6-11,14H,4-5H2,1-3H3,(H2,18,19,21). The van der Waals surface area contributed by atoms with Crippen molar-refractivity contribution in [3.05, 3.63) is 24.3 Å². The molecule has 0 fully saturated rings. The highest BCUT2D eigenvalue weighted by Crippen LogP contribution is 2.17. The van der Waals surface area contributed by atoms with Gasteiger partial charge in [0.15, 0.2) is 5.11 Å². The Hall–Kier alpha value is -1.43. The molecule has 0 radical (unpaired) electrons. The highest BCUT2D eigenvalue weighted by Gasteiger charge is 2.07. The van der Waals surface area contributed by atoms with Gasteiger partial charge in [0.1, 0.15) is 5.75 Å². The van der Waals surface area contributed by atoms with Gasteiger partial charge in [-0.1, -0.05) is 13.8 Å². The van der Waals surface area contributed by atoms with Crippen molar-refractivity contribution in [3.63, 3.8) is 0 Å². The van der Waals surface area contributed by atoms with E-state index >= 15 is 0 Å². The summed E-state index contributed by atoms with van der Waals surface area (Å²) in [7, 11) is 0. The Morgan fingerprint density at radius 3 is 2.29 bits per heavy atom. The third kappa shape index (κ3) is 7.80. The van der Waals surface area contributed by atoms with E-state index in [4.69, 9.17) is 12.2 Å². The number of anilines is 1. The van der Waals surface area contributed by atoms with Gasteiger partial charge in [-0.25, -0.2) is 0 Å². The Labute approximate surface area is 130 Å². The lowest BCUT2D eigenvalue weighted by Gasteiger charge is -2.18. The molecule has 0 aliphatic heterocycles. The highest BCUT2D eigenvalue weighted by atomic mass is 32.1. The van der Waals surface area contributed by atoms with Gasteiger partial charge < -0.3 is 15.4 Å². The number of ether oxygens (including phenoxy) is 1. The van der Waals surface area contributed by atoms with E-state index in [0.29, 0.717) is 11.0 Å². The molecular weight excluding hydrogens is 294 g/mol. The van der Waals surface area contributed by atoms with Crippen LogP contribution in [-0.4, -0.2) is 17.8 Å². The summed E-state index contributed by atoms with van der Waals surface area (Å²) in [6.45, 7) is 3.64. The fourth-order valence-electron chi connectivity index (χ4n) is 1.77. The normalized spacial score (nSPS) is 12.3. The molecule has 0 saturated heterocycles. The Balaban J connectivity index is 2.40. The predicted molar refractivity (Wildman–Crippen MR) is 86.0 cm³/mol. The average Bonchev–Trinajstić information content (AvgIpc) is 2.38. The van der Waals surface area contributed by atoms with Crippen molar-refractivity contribution in [1.82, 2.24) is 5.32 Å². The minimum Gasteiger partial charge on any atom is -0.435 e. The Morgan fingerprint density at radius 1 is 1.14 bits per heavy atom. The topological polar surface area (TPSA) is 33.3 Å². The predicted octanol–water partition coefficient (Wildman–Crippen LogP) is 4.40. The SMILES string of the molecule is CC(C)CCC(C)NC(=S)Nc1ccc(OC(F)F)cc1. The van der Waals surface area contributed by atoms with Crippen molar-refractivity contribution in [1.29, 1.82) is 0 Å². The lowest BCUT2D eigenvalue weighted by Crippen LogP contribution is -2.36. The molecule has 0 aliphatic rings. The second-order valence-electron chi connectivity index (χ2n) is 5.37. The van der Waals surface area contributed by atoms with Crippen molar-refractivity contribution >= 4 is 23.0 Å². The molecule has 0 aliphatic carbocycles. The van der Waals surface area contributed by atoms with E-state index in [1.807, 2.05) is 0 Å². The van der Waals surface area contributed by atoms with Crippen LogP contribution in [0.3, 0.4) is 0 Å². The summed E-state index contributed by atoms with van der Waals surface area (Å²) < 4.78 is 28.4. The zero-order chi connectivity index (χ0) is 15.8. The fourth-order valence-corrected chi connectivity index (χ4v) is 2.09. The monoisotopic (exact) mass is 316 g/mol. The Bertz CT molecular complexity index is 438. The maximum absolute atomic E-state index is 12.0. The minimum atomic E-state index is -2.81. The number of thiocarbonyl (C=S) groups is 1. The van der Waals surface area contributed by atoms with Crippen molar-refractivity contribution in [3.8, 4) is 5.75 Å². The molecule has 6 heteroatoms. The van der Waals surface area contributed by atoms with Crippen molar-refractivity contribution in [2.45, 2.75) is 46.3 Å². The first kappa shape index (κ1) is 17.6. The van der Waals surface area contributed by atoms with Crippen LogP contribution in [0.1, 0.15) is 33.6 Å².